The number of piperidine rings is 1. The third-order valence-electron chi connectivity index (χ3n) is 4.98. The number of hydrogen-bond acceptors (Lipinski definition) is 6. The van der Waals surface area contributed by atoms with E-state index in [-0.39, 0.29) is 11.8 Å². The highest BCUT2D eigenvalue weighted by Gasteiger charge is 2.28. The molecule has 1 saturated heterocycles. The molecule has 3 aromatic heterocycles. The van der Waals surface area contributed by atoms with Crippen molar-refractivity contribution in [2.24, 2.45) is 7.05 Å². The molecule has 1 aliphatic heterocycles. The molecule has 0 radical (unpaired) electrons. The third kappa shape index (κ3) is 3.71. The molecule has 4 rings (SSSR count). The van der Waals surface area contributed by atoms with Crippen molar-refractivity contribution >= 4 is 5.91 Å². The molecule has 0 bridgehead atoms. The van der Waals surface area contributed by atoms with Crippen molar-refractivity contribution in [1.82, 2.24) is 29.6 Å². The molecule has 3 aromatic rings. The van der Waals surface area contributed by atoms with E-state index in [1.54, 1.807) is 35.7 Å². The largest absolute Gasteiger partial charge is 0.435 e. The zero-order valence-corrected chi connectivity index (χ0v) is 15.9. The van der Waals surface area contributed by atoms with Gasteiger partial charge in [0, 0.05) is 50.8 Å². The number of ether oxygens (including phenoxy) is 1. The quantitative estimate of drug-likeness (QED) is 0.694. The monoisotopic (exact) mass is 378 g/mol. The minimum absolute atomic E-state index is 0.0214. The molecule has 0 aliphatic carbocycles. The van der Waals surface area contributed by atoms with Crippen LogP contribution in [0, 0.1) is 6.92 Å². The Morgan fingerprint density at radius 3 is 2.64 bits per heavy atom. The van der Waals surface area contributed by atoms with E-state index in [0.29, 0.717) is 30.3 Å². The Hall–Kier alpha value is -3.29. The molecule has 8 heteroatoms. The fourth-order valence-corrected chi connectivity index (χ4v) is 3.45. The molecule has 0 spiro atoms. The maximum atomic E-state index is 12.6. The van der Waals surface area contributed by atoms with Gasteiger partial charge in [0.1, 0.15) is 5.69 Å². The molecular formula is C20H22N6O2. The van der Waals surface area contributed by atoms with E-state index in [0.717, 1.165) is 24.2 Å². The number of nitrogens with zero attached hydrogens (tertiary/aromatic N) is 6. The Morgan fingerprint density at radius 2 is 1.93 bits per heavy atom. The molecule has 0 unspecified atom stereocenters. The Bertz CT molecular complexity index is 978. The van der Waals surface area contributed by atoms with Crippen molar-refractivity contribution in [2.75, 3.05) is 13.1 Å². The van der Waals surface area contributed by atoms with Crippen LogP contribution in [0.1, 0.15) is 40.5 Å². The molecule has 1 aliphatic rings. The standard InChI is InChI=1S/C20H22N6O2/c1-14-17(4-3-7-21-14)28-19-18(22-8-9-23-19)15-5-10-26(11-6-15)20(27)16-12-24-25(2)13-16/h3-4,7-9,12-13,15H,5-6,10-11H2,1-2H3. The summed E-state index contributed by atoms with van der Waals surface area (Å²) in [5.74, 6) is 1.40. The lowest BCUT2D eigenvalue weighted by molar-refractivity contribution is 0.0711. The van der Waals surface area contributed by atoms with E-state index < -0.39 is 0 Å². The van der Waals surface area contributed by atoms with Crippen LogP contribution in [0.5, 0.6) is 11.6 Å². The summed E-state index contributed by atoms with van der Waals surface area (Å²) in [6.45, 7) is 3.23. The fourth-order valence-electron chi connectivity index (χ4n) is 3.45. The summed E-state index contributed by atoms with van der Waals surface area (Å²) in [4.78, 5) is 27.7. The lowest BCUT2D eigenvalue weighted by Crippen LogP contribution is -2.38. The second kappa shape index (κ2) is 7.75. The van der Waals surface area contributed by atoms with Gasteiger partial charge in [0.2, 0.25) is 5.88 Å². The van der Waals surface area contributed by atoms with Crippen LogP contribution < -0.4 is 4.74 Å². The molecule has 0 atom stereocenters. The van der Waals surface area contributed by atoms with Crippen LogP contribution in [0.15, 0.2) is 43.1 Å². The van der Waals surface area contributed by atoms with Gasteiger partial charge in [-0.3, -0.25) is 19.4 Å². The average molecular weight is 378 g/mol. The normalized spacial score (nSPS) is 14.9. The van der Waals surface area contributed by atoms with Gasteiger partial charge >= 0.3 is 0 Å². The van der Waals surface area contributed by atoms with Gasteiger partial charge in [-0.1, -0.05) is 0 Å². The number of likely N-dealkylation sites (tertiary alicyclic amines) is 1. The molecule has 0 N–H and O–H groups in total. The molecular weight excluding hydrogens is 356 g/mol. The number of amides is 1. The minimum atomic E-state index is 0.0214. The maximum absolute atomic E-state index is 12.6. The smallest absolute Gasteiger partial charge is 0.257 e. The van der Waals surface area contributed by atoms with Gasteiger partial charge in [-0.15, -0.1) is 0 Å². The summed E-state index contributed by atoms with van der Waals surface area (Å²) >= 11 is 0. The van der Waals surface area contributed by atoms with E-state index >= 15 is 0 Å². The summed E-state index contributed by atoms with van der Waals surface area (Å²) in [5, 5.41) is 4.08. The predicted octanol–water partition coefficient (Wildman–Crippen LogP) is 2.73. The second-order valence-corrected chi connectivity index (χ2v) is 6.90. The van der Waals surface area contributed by atoms with Crippen LogP contribution in [0.2, 0.25) is 0 Å². The van der Waals surface area contributed by atoms with E-state index in [9.17, 15) is 4.79 Å². The van der Waals surface area contributed by atoms with Crippen LogP contribution in [0.4, 0.5) is 0 Å². The van der Waals surface area contributed by atoms with Gasteiger partial charge < -0.3 is 9.64 Å². The minimum Gasteiger partial charge on any atom is -0.435 e. The molecule has 144 valence electrons. The number of aromatic nitrogens is 5. The number of aryl methyl sites for hydroxylation is 2. The maximum Gasteiger partial charge on any atom is 0.257 e. The zero-order chi connectivity index (χ0) is 19.5. The van der Waals surface area contributed by atoms with Crippen molar-refractivity contribution in [3.8, 4) is 11.6 Å². The Kier molecular flexibility index (Phi) is 5.01. The number of rotatable bonds is 4. The first-order valence-corrected chi connectivity index (χ1v) is 9.30. The molecule has 4 heterocycles. The van der Waals surface area contributed by atoms with Crippen LogP contribution >= 0.6 is 0 Å². The first-order chi connectivity index (χ1) is 13.6. The van der Waals surface area contributed by atoms with Crippen molar-refractivity contribution in [3.63, 3.8) is 0 Å². The molecule has 0 aromatic carbocycles. The number of hydrogen-bond donors (Lipinski definition) is 0. The summed E-state index contributed by atoms with van der Waals surface area (Å²) < 4.78 is 7.65. The van der Waals surface area contributed by atoms with Crippen molar-refractivity contribution in [1.29, 1.82) is 0 Å². The number of carbonyl (C=O) groups excluding carboxylic acids is 1. The van der Waals surface area contributed by atoms with Crippen LogP contribution in [0.3, 0.4) is 0 Å². The average Bonchev–Trinajstić information content (AvgIpc) is 3.16. The highest BCUT2D eigenvalue weighted by Crippen LogP contribution is 2.34. The third-order valence-corrected chi connectivity index (χ3v) is 4.98. The van der Waals surface area contributed by atoms with Crippen molar-refractivity contribution < 1.29 is 9.53 Å². The number of pyridine rings is 1. The van der Waals surface area contributed by atoms with Gasteiger partial charge in [0.05, 0.1) is 17.5 Å². The second-order valence-electron chi connectivity index (χ2n) is 6.90. The lowest BCUT2D eigenvalue weighted by Gasteiger charge is -2.31. The van der Waals surface area contributed by atoms with E-state index in [2.05, 4.69) is 20.1 Å². The lowest BCUT2D eigenvalue weighted by atomic mass is 9.93. The Labute approximate surface area is 163 Å². The van der Waals surface area contributed by atoms with Gasteiger partial charge in [-0.05, 0) is 31.9 Å². The van der Waals surface area contributed by atoms with Gasteiger partial charge in [-0.2, -0.15) is 5.10 Å². The highest BCUT2D eigenvalue weighted by molar-refractivity contribution is 5.93. The predicted molar refractivity (Wildman–Crippen MR) is 102 cm³/mol. The molecule has 0 saturated carbocycles. The summed E-state index contributed by atoms with van der Waals surface area (Å²) in [5.41, 5.74) is 2.26. The molecule has 28 heavy (non-hydrogen) atoms. The topological polar surface area (TPSA) is 86.0 Å². The van der Waals surface area contributed by atoms with E-state index in [1.165, 1.54) is 0 Å². The summed E-state index contributed by atoms with van der Waals surface area (Å²) in [6, 6.07) is 3.71. The summed E-state index contributed by atoms with van der Waals surface area (Å²) in [7, 11) is 1.81. The van der Waals surface area contributed by atoms with Gasteiger partial charge in [0.15, 0.2) is 5.75 Å². The van der Waals surface area contributed by atoms with Crippen molar-refractivity contribution in [3.05, 3.63) is 60.1 Å². The van der Waals surface area contributed by atoms with Crippen LogP contribution in [-0.4, -0.2) is 48.6 Å². The van der Waals surface area contributed by atoms with Crippen molar-refractivity contribution in [2.45, 2.75) is 25.7 Å². The number of carbonyl (C=O) groups is 1. The van der Waals surface area contributed by atoms with E-state index in [1.807, 2.05) is 31.0 Å². The highest BCUT2D eigenvalue weighted by atomic mass is 16.5. The first kappa shape index (κ1) is 18.1. The fraction of sp³-hybridized carbons (Fsp3) is 0.350. The Morgan fingerprint density at radius 1 is 1.14 bits per heavy atom. The first-order valence-electron chi connectivity index (χ1n) is 9.30. The Balaban J connectivity index is 1.46. The van der Waals surface area contributed by atoms with Gasteiger partial charge in [-0.25, -0.2) is 4.98 Å². The molecule has 1 amide bonds. The molecule has 1 fully saturated rings. The van der Waals surface area contributed by atoms with Crippen LogP contribution in [0.25, 0.3) is 0 Å². The van der Waals surface area contributed by atoms with Crippen LogP contribution in [-0.2, 0) is 7.05 Å². The van der Waals surface area contributed by atoms with Gasteiger partial charge in [0.25, 0.3) is 5.91 Å². The zero-order valence-electron chi connectivity index (χ0n) is 15.9. The molecule has 8 nitrogen and oxygen atoms in total. The SMILES string of the molecule is Cc1ncccc1Oc1nccnc1C1CCN(C(=O)c2cnn(C)c2)CC1. The van der Waals surface area contributed by atoms with E-state index in [4.69, 9.17) is 4.74 Å². The summed E-state index contributed by atoms with van der Waals surface area (Å²) in [6.07, 6.45) is 10.0.